The number of aromatic nitrogens is 4. The van der Waals surface area contributed by atoms with E-state index in [1.165, 1.54) is 6.33 Å². The second kappa shape index (κ2) is 10.7. The Morgan fingerprint density at radius 1 is 0.969 bits per heavy atom. The van der Waals surface area contributed by atoms with Gasteiger partial charge in [-0.1, -0.05) is 60.7 Å². The molecule has 0 unspecified atom stereocenters. The summed E-state index contributed by atoms with van der Waals surface area (Å²) in [6.07, 6.45) is 1.58. The number of benzene rings is 2. The fourth-order valence-corrected chi connectivity index (χ4v) is 3.18. The molecule has 4 aromatic rings. The molecule has 3 N–H and O–H groups in total. The lowest BCUT2D eigenvalue weighted by atomic mass is 10.2. The van der Waals surface area contributed by atoms with Gasteiger partial charge < -0.3 is 24.5 Å². The molecule has 9 heteroatoms. The molecule has 2 heterocycles. The second-order valence-electron chi connectivity index (χ2n) is 7.19. The van der Waals surface area contributed by atoms with E-state index in [1.807, 2.05) is 60.7 Å². The Bertz CT molecular complexity index is 1130. The number of nitrogens with zero attached hydrogens (tertiary/aromatic N) is 3. The summed E-state index contributed by atoms with van der Waals surface area (Å²) in [6.45, 7) is 1.40. The Morgan fingerprint density at radius 3 is 2.22 bits per heavy atom. The zero-order valence-electron chi connectivity index (χ0n) is 17.5. The van der Waals surface area contributed by atoms with Gasteiger partial charge in [-0.15, -0.1) is 0 Å². The van der Waals surface area contributed by atoms with Crippen LogP contribution in [0.15, 0.2) is 71.8 Å². The van der Waals surface area contributed by atoms with E-state index in [4.69, 9.17) is 19.9 Å². The van der Waals surface area contributed by atoms with E-state index in [2.05, 4.69) is 15.0 Å². The molecule has 0 saturated heterocycles. The summed E-state index contributed by atoms with van der Waals surface area (Å²) in [6, 6.07) is 19.9. The molecule has 2 aromatic carbocycles. The van der Waals surface area contributed by atoms with Crippen molar-refractivity contribution in [1.29, 1.82) is 0 Å². The predicted molar refractivity (Wildman–Crippen MR) is 119 cm³/mol. The van der Waals surface area contributed by atoms with Gasteiger partial charge in [0.05, 0.1) is 26.1 Å². The molecule has 0 radical (unpaired) electrons. The van der Waals surface area contributed by atoms with Crippen LogP contribution in [-0.2, 0) is 34.2 Å². The number of H-pyrrole nitrogens is 1. The Balaban J connectivity index is 1.32. The molecule has 0 amide bonds. The SMILES string of the molecule is Nc1nc2ncn(COCCC(OCc3ccccc3)OCc3ccccc3)c2c(=O)[nH]1. The van der Waals surface area contributed by atoms with Gasteiger partial charge in [0.2, 0.25) is 5.95 Å². The summed E-state index contributed by atoms with van der Waals surface area (Å²) in [5.41, 5.74) is 7.93. The fraction of sp³-hybridized carbons (Fsp3) is 0.261. The van der Waals surface area contributed by atoms with E-state index < -0.39 is 6.29 Å². The third-order valence-electron chi connectivity index (χ3n) is 4.79. The zero-order chi connectivity index (χ0) is 22.2. The average molecular weight is 435 g/mol. The molecule has 0 aliphatic rings. The van der Waals surface area contributed by atoms with Crippen molar-refractivity contribution in [2.24, 2.45) is 0 Å². The van der Waals surface area contributed by atoms with E-state index in [1.54, 1.807) is 4.57 Å². The third-order valence-corrected chi connectivity index (χ3v) is 4.79. The Hall–Kier alpha value is -3.53. The lowest BCUT2D eigenvalue weighted by Crippen LogP contribution is -2.20. The molecule has 0 atom stereocenters. The van der Waals surface area contributed by atoms with E-state index >= 15 is 0 Å². The molecule has 0 bridgehead atoms. The van der Waals surface area contributed by atoms with Gasteiger partial charge in [-0.2, -0.15) is 4.98 Å². The molecule has 0 aliphatic carbocycles. The van der Waals surface area contributed by atoms with Gasteiger partial charge in [-0.05, 0) is 11.1 Å². The highest BCUT2D eigenvalue weighted by molar-refractivity contribution is 5.70. The lowest BCUT2D eigenvalue weighted by molar-refractivity contribution is -0.167. The summed E-state index contributed by atoms with van der Waals surface area (Å²) in [5.74, 6) is 0.0302. The van der Waals surface area contributed by atoms with Crippen molar-refractivity contribution in [3.05, 3.63) is 88.5 Å². The van der Waals surface area contributed by atoms with Crippen molar-refractivity contribution in [3.63, 3.8) is 0 Å². The number of aromatic amines is 1. The number of hydrogen-bond acceptors (Lipinski definition) is 7. The number of ether oxygens (including phenoxy) is 3. The summed E-state index contributed by atoms with van der Waals surface area (Å²) in [4.78, 5) is 22.7. The number of nitrogens with one attached hydrogen (secondary N) is 1. The topological polar surface area (TPSA) is 117 Å². The average Bonchev–Trinajstić information content (AvgIpc) is 3.22. The highest BCUT2D eigenvalue weighted by atomic mass is 16.7. The van der Waals surface area contributed by atoms with Gasteiger partial charge in [0.1, 0.15) is 6.73 Å². The Labute approximate surface area is 184 Å². The number of hydrogen-bond donors (Lipinski definition) is 2. The highest BCUT2D eigenvalue weighted by Gasteiger charge is 2.12. The number of rotatable bonds is 11. The van der Waals surface area contributed by atoms with Crippen molar-refractivity contribution in [2.45, 2.75) is 32.7 Å². The number of imidazole rings is 1. The first-order chi connectivity index (χ1) is 15.7. The van der Waals surface area contributed by atoms with Gasteiger partial charge in [-0.3, -0.25) is 9.78 Å². The summed E-state index contributed by atoms with van der Waals surface area (Å²) < 4.78 is 19.3. The maximum Gasteiger partial charge on any atom is 0.278 e. The van der Waals surface area contributed by atoms with Gasteiger partial charge >= 0.3 is 0 Å². The Kier molecular flexibility index (Phi) is 7.23. The fourth-order valence-electron chi connectivity index (χ4n) is 3.18. The number of nitrogen functional groups attached to an aromatic ring is 1. The van der Waals surface area contributed by atoms with Crippen LogP contribution in [0.2, 0.25) is 0 Å². The monoisotopic (exact) mass is 435 g/mol. The summed E-state index contributed by atoms with van der Waals surface area (Å²) >= 11 is 0. The van der Waals surface area contributed by atoms with Crippen LogP contribution in [0.3, 0.4) is 0 Å². The van der Waals surface area contributed by atoms with Crippen LogP contribution in [0.5, 0.6) is 0 Å². The van der Waals surface area contributed by atoms with Crippen LogP contribution in [0, 0.1) is 0 Å². The molecule has 2 aromatic heterocycles. The number of nitrogens with two attached hydrogens (primary N) is 1. The van der Waals surface area contributed by atoms with Crippen molar-refractivity contribution >= 4 is 17.1 Å². The third kappa shape index (κ3) is 5.79. The quantitative estimate of drug-likeness (QED) is 0.275. The smallest absolute Gasteiger partial charge is 0.278 e. The molecular formula is C23H25N5O4. The van der Waals surface area contributed by atoms with E-state index in [-0.39, 0.29) is 23.9 Å². The van der Waals surface area contributed by atoms with Crippen LogP contribution >= 0.6 is 0 Å². The summed E-state index contributed by atoms with van der Waals surface area (Å²) in [7, 11) is 0. The molecule has 0 saturated carbocycles. The molecule has 0 aliphatic heterocycles. The first kappa shape index (κ1) is 21.7. The number of fused-ring (bicyclic) bond motifs is 1. The molecule has 4 rings (SSSR count). The minimum absolute atomic E-state index is 0.0302. The maximum absolute atomic E-state index is 12.1. The van der Waals surface area contributed by atoms with Crippen LogP contribution in [0.1, 0.15) is 17.5 Å². The van der Waals surface area contributed by atoms with Crippen LogP contribution < -0.4 is 11.3 Å². The molecule has 0 spiro atoms. The van der Waals surface area contributed by atoms with Gasteiger partial charge in [0, 0.05) is 6.42 Å². The first-order valence-electron chi connectivity index (χ1n) is 10.3. The van der Waals surface area contributed by atoms with Crippen molar-refractivity contribution < 1.29 is 14.2 Å². The van der Waals surface area contributed by atoms with Gasteiger partial charge in [0.15, 0.2) is 17.5 Å². The molecule has 9 nitrogen and oxygen atoms in total. The molecule has 32 heavy (non-hydrogen) atoms. The standard InChI is InChI=1S/C23H25N5O4/c24-23-26-21-20(22(29)27-23)28(15-25-21)16-30-12-11-19(31-13-17-7-3-1-4-8-17)32-14-18-9-5-2-6-10-18/h1-10,15,19H,11-14,16H2,(H3,24,26,27,29). The zero-order valence-corrected chi connectivity index (χ0v) is 17.5. The lowest BCUT2D eigenvalue weighted by Gasteiger charge is -2.19. The van der Waals surface area contributed by atoms with E-state index in [9.17, 15) is 4.79 Å². The molecule has 0 fully saturated rings. The van der Waals surface area contributed by atoms with Crippen molar-refractivity contribution in [3.8, 4) is 0 Å². The molecule has 166 valence electrons. The Morgan fingerprint density at radius 2 is 1.59 bits per heavy atom. The predicted octanol–water partition coefficient (Wildman–Crippen LogP) is 2.83. The first-order valence-corrected chi connectivity index (χ1v) is 10.3. The second-order valence-corrected chi connectivity index (χ2v) is 7.19. The van der Waals surface area contributed by atoms with E-state index in [0.717, 1.165) is 11.1 Å². The normalized spacial score (nSPS) is 11.4. The minimum atomic E-state index is -0.445. The summed E-state index contributed by atoms with van der Waals surface area (Å²) in [5, 5.41) is 0. The highest BCUT2D eigenvalue weighted by Crippen LogP contribution is 2.12. The maximum atomic E-state index is 12.1. The van der Waals surface area contributed by atoms with Crippen LogP contribution in [0.25, 0.3) is 11.2 Å². The van der Waals surface area contributed by atoms with Crippen LogP contribution in [-0.4, -0.2) is 32.4 Å². The van der Waals surface area contributed by atoms with Gasteiger partial charge in [0.25, 0.3) is 5.56 Å². The van der Waals surface area contributed by atoms with E-state index in [0.29, 0.717) is 31.8 Å². The molecular weight excluding hydrogens is 410 g/mol. The van der Waals surface area contributed by atoms with Crippen LogP contribution in [0.4, 0.5) is 5.95 Å². The number of anilines is 1. The van der Waals surface area contributed by atoms with Gasteiger partial charge in [-0.25, -0.2) is 4.98 Å². The van der Waals surface area contributed by atoms with Crippen molar-refractivity contribution in [2.75, 3.05) is 12.3 Å². The van der Waals surface area contributed by atoms with Crippen molar-refractivity contribution in [1.82, 2.24) is 19.5 Å². The minimum Gasteiger partial charge on any atom is -0.369 e. The largest absolute Gasteiger partial charge is 0.369 e.